The summed E-state index contributed by atoms with van der Waals surface area (Å²) in [5.74, 6) is -0.498. The molecular weight excluding hydrogens is 469 g/mol. The number of esters is 2. The number of hydrogen-bond acceptors (Lipinski definition) is 4. The third-order valence-electron chi connectivity index (χ3n) is 4.05. The number of ether oxygens (including phenoxy) is 2. The number of fused-ring (bicyclic) bond motifs is 1. The van der Waals surface area contributed by atoms with E-state index in [4.69, 9.17) is 32.7 Å². The van der Waals surface area contributed by atoms with Crippen LogP contribution in [0.15, 0.2) is 40.9 Å². The second-order valence-corrected chi connectivity index (χ2v) is 7.60. The number of benzene rings is 2. The van der Waals surface area contributed by atoms with Gasteiger partial charge in [0.1, 0.15) is 11.4 Å². The first-order chi connectivity index (χ1) is 13.3. The van der Waals surface area contributed by atoms with Gasteiger partial charge in [0.15, 0.2) is 0 Å². The maximum absolute atomic E-state index is 12.5. The van der Waals surface area contributed by atoms with Crippen molar-refractivity contribution < 1.29 is 19.1 Å². The van der Waals surface area contributed by atoms with E-state index in [1.807, 2.05) is 10.6 Å². The molecule has 0 N–H and O–H groups in total. The third-order valence-corrected chi connectivity index (χ3v) is 5.60. The van der Waals surface area contributed by atoms with Gasteiger partial charge < -0.3 is 14.0 Å². The minimum atomic E-state index is -0.445. The molecule has 0 aliphatic heterocycles. The van der Waals surface area contributed by atoms with Crippen molar-refractivity contribution in [2.24, 2.45) is 0 Å². The highest BCUT2D eigenvalue weighted by molar-refractivity contribution is 9.10. The van der Waals surface area contributed by atoms with Crippen molar-refractivity contribution in [3.05, 3.63) is 62.2 Å². The van der Waals surface area contributed by atoms with Crippen LogP contribution < -0.4 is 4.74 Å². The van der Waals surface area contributed by atoms with Gasteiger partial charge in [-0.05, 0) is 58.7 Å². The average molecular weight is 485 g/mol. The minimum Gasteiger partial charge on any atom is -0.461 e. The highest BCUT2D eigenvalue weighted by Gasteiger charge is 2.20. The van der Waals surface area contributed by atoms with Gasteiger partial charge in [0.2, 0.25) is 0 Å². The van der Waals surface area contributed by atoms with Crippen LogP contribution in [0.25, 0.3) is 10.9 Å². The van der Waals surface area contributed by atoms with E-state index in [1.54, 1.807) is 37.3 Å². The molecule has 0 bridgehead atoms. The molecule has 0 aliphatic carbocycles. The Balaban J connectivity index is 2.15. The van der Waals surface area contributed by atoms with E-state index in [2.05, 4.69) is 15.9 Å². The van der Waals surface area contributed by atoms with E-state index in [0.717, 1.165) is 16.5 Å². The highest BCUT2D eigenvalue weighted by Crippen LogP contribution is 2.36. The number of carbonyl (C=O) groups is 2. The molecule has 0 amide bonds. The lowest BCUT2D eigenvalue weighted by Crippen LogP contribution is -2.13. The average Bonchev–Trinajstić information content (AvgIpc) is 3.00. The maximum atomic E-state index is 12.5. The van der Waals surface area contributed by atoms with Gasteiger partial charge in [-0.25, -0.2) is 4.79 Å². The van der Waals surface area contributed by atoms with Crippen LogP contribution >= 0.6 is 39.1 Å². The summed E-state index contributed by atoms with van der Waals surface area (Å²) in [4.78, 5) is 23.9. The van der Waals surface area contributed by atoms with Crippen molar-refractivity contribution in [2.75, 3.05) is 6.61 Å². The van der Waals surface area contributed by atoms with E-state index in [0.29, 0.717) is 32.5 Å². The molecule has 2 aromatic carbocycles. The molecule has 0 radical (unpaired) electrons. The largest absolute Gasteiger partial charge is 0.461 e. The van der Waals surface area contributed by atoms with Crippen LogP contribution in [-0.4, -0.2) is 23.1 Å². The zero-order valence-corrected chi connectivity index (χ0v) is 18.2. The summed E-state index contributed by atoms with van der Waals surface area (Å²) >= 11 is 15.6. The number of carbonyl (C=O) groups excluding carboxylic acids is 2. The summed E-state index contributed by atoms with van der Waals surface area (Å²) in [6, 6.07) is 10.5. The standard InChI is InChI=1S/C20H16BrCl2NO4/c1-3-27-20(26)17-9-13-16(6-7-18(19(13)21)28-11(2)25)24(17)10-12-4-5-14(22)15(23)8-12/h4-9H,3,10H2,1-2H3. The van der Waals surface area contributed by atoms with E-state index in [1.165, 1.54) is 6.92 Å². The molecule has 1 aromatic heterocycles. The molecule has 0 saturated carbocycles. The zero-order chi connectivity index (χ0) is 20.4. The lowest BCUT2D eigenvalue weighted by Gasteiger charge is -2.12. The zero-order valence-electron chi connectivity index (χ0n) is 15.1. The van der Waals surface area contributed by atoms with Crippen LogP contribution in [0.3, 0.4) is 0 Å². The van der Waals surface area contributed by atoms with Crippen LogP contribution in [0.1, 0.15) is 29.9 Å². The van der Waals surface area contributed by atoms with Crippen LogP contribution in [0.5, 0.6) is 5.75 Å². The van der Waals surface area contributed by atoms with Crippen molar-refractivity contribution in [2.45, 2.75) is 20.4 Å². The quantitative estimate of drug-likeness (QED) is 0.336. The van der Waals surface area contributed by atoms with Crippen molar-refractivity contribution in [3.63, 3.8) is 0 Å². The molecule has 3 aromatic rings. The molecule has 146 valence electrons. The Kier molecular flexibility index (Phi) is 6.33. The molecular formula is C20H16BrCl2NO4. The van der Waals surface area contributed by atoms with Crippen LogP contribution in [0.2, 0.25) is 10.0 Å². The van der Waals surface area contributed by atoms with Gasteiger partial charge in [-0.1, -0.05) is 29.3 Å². The van der Waals surface area contributed by atoms with E-state index >= 15 is 0 Å². The van der Waals surface area contributed by atoms with Gasteiger partial charge in [-0.3, -0.25) is 4.79 Å². The third kappa shape index (κ3) is 4.19. The predicted octanol–water partition coefficient (Wildman–Crippen LogP) is 5.86. The lowest BCUT2D eigenvalue weighted by atomic mass is 10.2. The fourth-order valence-corrected chi connectivity index (χ4v) is 3.73. The van der Waals surface area contributed by atoms with Crippen molar-refractivity contribution in [1.29, 1.82) is 0 Å². The van der Waals surface area contributed by atoms with Crippen molar-refractivity contribution >= 4 is 62.0 Å². The Morgan fingerprint density at radius 3 is 2.50 bits per heavy atom. The lowest BCUT2D eigenvalue weighted by molar-refractivity contribution is -0.131. The van der Waals surface area contributed by atoms with Gasteiger partial charge in [0.25, 0.3) is 0 Å². The van der Waals surface area contributed by atoms with Gasteiger partial charge >= 0.3 is 11.9 Å². The second-order valence-electron chi connectivity index (χ2n) is 5.99. The van der Waals surface area contributed by atoms with Crippen LogP contribution in [0.4, 0.5) is 0 Å². The first kappa shape index (κ1) is 20.7. The van der Waals surface area contributed by atoms with Gasteiger partial charge in [0.05, 0.1) is 26.6 Å². The van der Waals surface area contributed by atoms with Gasteiger partial charge in [-0.15, -0.1) is 0 Å². The summed E-state index contributed by atoms with van der Waals surface area (Å²) in [6.45, 7) is 3.72. The summed E-state index contributed by atoms with van der Waals surface area (Å²) in [5.41, 5.74) is 2.03. The molecule has 0 atom stereocenters. The SMILES string of the molecule is CCOC(=O)c1cc2c(Br)c(OC(C)=O)ccc2n1Cc1ccc(Cl)c(Cl)c1. The fourth-order valence-electron chi connectivity index (χ4n) is 2.88. The molecule has 0 unspecified atom stereocenters. The number of nitrogens with zero attached hydrogens (tertiary/aromatic N) is 1. The molecule has 0 fully saturated rings. The molecule has 0 saturated heterocycles. The molecule has 3 rings (SSSR count). The summed E-state index contributed by atoms with van der Waals surface area (Å²) in [7, 11) is 0. The Labute approximate surface area is 180 Å². The Bertz CT molecular complexity index is 1080. The molecule has 8 heteroatoms. The molecule has 28 heavy (non-hydrogen) atoms. The Morgan fingerprint density at radius 1 is 1.11 bits per heavy atom. The first-order valence-corrected chi connectivity index (χ1v) is 9.98. The molecule has 1 heterocycles. The molecule has 0 spiro atoms. The van der Waals surface area contributed by atoms with Crippen molar-refractivity contribution in [1.82, 2.24) is 4.57 Å². The number of aromatic nitrogens is 1. The molecule has 0 aliphatic rings. The van der Waals surface area contributed by atoms with Crippen LogP contribution in [-0.2, 0) is 16.1 Å². The normalized spacial score (nSPS) is 10.9. The summed E-state index contributed by atoms with van der Waals surface area (Å²) < 4.78 is 12.8. The van der Waals surface area contributed by atoms with E-state index < -0.39 is 11.9 Å². The van der Waals surface area contributed by atoms with Gasteiger partial charge in [0, 0.05) is 18.9 Å². The number of halogens is 3. The molecule has 5 nitrogen and oxygen atoms in total. The maximum Gasteiger partial charge on any atom is 0.354 e. The van der Waals surface area contributed by atoms with Crippen LogP contribution in [0, 0.1) is 0 Å². The summed E-state index contributed by atoms with van der Waals surface area (Å²) in [5, 5.41) is 1.62. The highest BCUT2D eigenvalue weighted by atomic mass is 79.9. The number of hydrogen-bond donors (Lipinski definition) is 0. The Morgan fingerprint density at radius 2 is 1.86 bits per heavy atom. The van der Waals surface area contributed by atoms with E-state index in [9.17, 15) is 9.59 Å². The smallest absolute Gasteiger partial charge is 0.354 e. The topological polar surface area (TPSA) is 57.5 Å². The second kappa shape index (κ2) is 8.55. The minimum absolute atomic E-state index is 0.257. The van der Waals surface area contributed by atoms with E-state index in [-0.39, 0.29) is 6.61 Å². The van der Waals surface area contributed by atoms with Gasteiger partial charge in [-0.2, -0.15) is 0 Å². The van der Waals surface area contributed by atoms with Crippen molar-refractivity contribution in [3.8, 4) is 5.75 Å². The number of rotatable bonds is 5. The predicted molar refractivity (Wildman–Crippen MR) is 112 cm³/mol. The fraction of sp³-hybridized carbons (Fsp3) is 0.200. The summed E-state index contributed by atoms with van der Waals surface area (Å²) in [6.07, 6.45) is 0. The monoisotopic (exact) mass is 483 g/mol. The Hall–Kier alpha value is -2.02. The first-order valence-electron chi connectivity index (χ1n) is 8.43.